The molecule has 1 N–H and O–H groups in total. The second-order valence-corrected chi connectivity index (χ2v) is 12.1. The number of amides is 2. The fourth-order valence-electron chi connectivity index (χ4n) is 5.57. The smallest absolute Gasteiger partial charge is 0.229 e. The van der Waals surface area contributed by atoms with E-state index in [-0.39, 0.29) is 23.3 Å². The standard InChI is InChI=1S/C27H34BrN3O2S/c28-22-8-6-20(7-9-22)19-31-17-13-27(26(31)33)11-15-30(16-12-27)14-10-23(24-5-2-18-34-24)29-25(32)21-3-1-4-21/h2,5-9,18,21,23H,1,3-4,10-17,19H2,(H,29,32). The summed E-state index contributed by atoms with van der Waals surface area (Å²) in [5, 5.41) is 5.42. The van der Waals surface area contributed by atoms with Crippen molar-refractivity contribution < 1.29 is 9.59 Å². The molecule has 1 aromatic carbocycles. The Balaban J connectivity index is 1.13. The summed E-state index contributed by atoms with van der Waals surface area (Å²) in [6.45, 7) is 4.46. The maximum atomic E-state index is 13.4. The second-order valence-electron chi connectivity index (χ2n) is 10.2. The van der Waals surface area contributed by atoms with E-state index in [1.807, 2.05) is 12.1 Å². The first-order chi connectivity index (χ1) is 16.5. The number of likely N-dealkylation sites (tertiary alicyclic amines) is 2. The van der Waals surface area contributed by atoms with E-state index < -0.39 is 0 Å². The number of nitrogens with one attached hydrogen (secondary N) is 1. The molecule has 1 unspecified atom stereocenters. The van der Waals surface area contributed by atoms with E-state index in [1.54, 1.807) is 11.3 Å². The minimum Gasteiger partial charge on any atom is -0.348 e. The summed E-state index contributed by atoms with van der Waals surface area (Å²) in [7, 11) is 0. The number of carbonyl (C=O) groups excluding carboxylic acids is 2. The van der Waals surface area contributed by atoms with E-state index in [1.165, 1.54) is 16.9 Å². The lowest BCUT2D eigenvalue weighted by Gasteiger charge is -2.38. The summed E-state index contributed by atoms with van der Waals surface area (Å²) < 4.78 is 1.07. The Morgan fingerprint density at radius 1 is 1.12 bits per heavy atom. The molecule has 0 bridgehead atoms. The van der Waals surface area contributed by atoms with Crippen LogP contribution >= 0.6 is 27.3 Å². The molecule has 5 nitrogen and oxygen atoms in total. The Morgan fingerprint density at radius 2 is 1.85 bits per heavy atom. The van der Waals surface area contributed by atoms with E-state index in [9.17, 15) is 9.59 Å². The van der Waals surface area contributed by atoms with E-state index >= 15 is 0 Å². The van der Waals surface area contributed by atoms with Gasteiger partial charge < -0.3 is 15.1 Å². The van der Waals surface area contributed by atoms with Gasteiger partial charge in [-0.15, -0.1) is 11.3 Å². The third kappa shape index (κ3) is 5.26. The Morgan fingerprint density at radius 3 is 2.50 bits per heavy atom. The molecule has 1 atom stereocenters. The minimum absolute atomic E-state index is 0.0958. The van der Waals surface area contributed by atoms with Crippen LogP contribution in [0.3, 0.4) is 0 Å². The number of benzene rings is 1. The van der Waals surface area contributed by atoms with Gasteiger partial charge in [-0.25, -0.2) is 0 Å². The van der Waals surface area contributed by atoms with Gasteiger partial charge in [-0.3, -0.25) is 9.59 Å². The van der Waals surface area contributed by atoms with Crippen molar-refractivity contribution in [2.75, 3.05) is 26.2 Å². The van der Waals surface area contributed by atoms with Gasteiger partial charge >= 0.3 is 0 Å². The molecular formula is C27H34BrN3O2S. The van der Waals surface area contributed by atoms with Gasteiger partial charge in [0.1, 0.15) is 0 Å². The zero-order valence-corrected chi connectivity index (χ0v) is 22.1. The fourth-order valence-corrected chi connectivity index (χ4v) is 6.65. The topological polar surface area (TPSA) is 52.7 Å². The van der Waals surface area contributed by atoms with Crippen molar-refractivity contribution >= 4 is 39.1 Å². The lowest BCUT2D eigenvalue weighted by Crippen LogP contribution is -2.45. The molecule has 2 aromatic rings. The van der Waals surface area contributed by atoms with Gasteiger partial charge in [-0.1, -0.05) is 40.5 Å². The molecule has 3 heterocycles. The van der Waals surface area contributed by atoms with E-state index in [4.69, 9.17) is 0 Å². The molecule has 2 aliphatic heterocycles. The van der Waals surface area contributed by atoms with Crippen molar-refractivity contribution in [3.05, 3.63) is 56.7 Å². The predicted molar refractivity (Wildman–Crippen MR) is 139 cm³/mol. The number of hydrogen-bond acceptors (Lipinski definition) is 4. The van der Waals surface area contributed by atoms with Crippen molar-refractivity contribution in [3.8, 4) is 0 Å². The first-order valence-electron chi connectivity index (χ1n) is 12.6. The Bertz CT molecular complexity index is 982. The SMILES string of the molecule is O=C(NC(CCN1CCC2(CC1)CCN(Cc1ccc(Br)cc1)C2=O)c1cccs1)C1CCC1. The third-order valence-electron chi connectivity index (χ3n) is 8.11. The van der Waals surface area contributed by atoms with Gasteiger partial charge in [0.25, 0.3) is 0 Å². The maximum absolute atomic E-state index is 13.4. The number of thiophene rings is 1. The molecule has 2 saturated heterocycles. The highest BCUT2D eigenvalue weighted by molar-refractivity contribution is 9.10. The highest BCUT2D eigenvalue weighted by atomic mass is 79.9. The van der Waals surface area contributed by atoms with Crippen LogP contribution in [0.25, 0.3) is 0 Å². The number of hydrogen-bond donors (Lipinski definition) is 1. The van der Waals surface area contributed by atoms with Gasteiger partial charge in [0.15, 0.2) is 0 Å². The van der Waals surface area contributed by atoms with Crippen molar-refractivity contribution in [2.45, 2.75) is 57.5 Å². The number of piperidine rings is 1. The van der Waals surface area contributed by atoms with E-state index in [2.05, 4.69) is 60.7 Å². The maximum Gasteiger partial charge on any atom is 0.229 e. The zero-order valence-electron chi connectivity index (χ0n) is 19.7. The molecule has 3 fully saturated rings. The number of carbonyl (C=O) groups is 2. The molecule has 1 spiro atoms. The molecular weight excluding hydrogens is 510 g/mol. The highest BCUT2D eigenvalue weighted by Crippen LogP contribution is 2.42. The second kappa shape index (κ2) is 10.5. The summed E-state index contributed by atoms with van der Waals surface area (Å²) >= 11 is 5.21. The van der Waals surface area contributed by atoms with Crippen molar-refractivity contribution in [3.63, 3.8) is 0 Å². The Kier molecular flexibility index (Phi) is 7.42. The fraction of sp³-hybridized carbons (Fsp3) is 0.556. The van der Waals surface area contributed by atoms with Gasteiger partial charge in [0.05, 0.1) is 11.5 Å². The van der Waals surface area contributed by atoms with Crippen LogP contribution in [0.1, 0.15) is 61.4 Å². The van der Waals surface area contributed by atoms with Crippen LogP contribution in [0.2, 0.25) is 0 Å². The van der Waals surface area contributed by atoms with Gasteiger partial charge in [-0.2, -0.15) is 0 Å². The first kappa shape index (κ1) is 24.0. The number of nitrogens with zero attached hydrogens (tertiary/aromatic N) is 2. The van der Waals surface area contributed by atoms with E-state index in [0.717, 1.165) is 69.2 Å². The lowest BCUT2D eigenvalue weighted by molar-refractivity contribution is -0.139. The number of halogens is 1. The largest absolute Gasteiger partial charge is 0.348 e. The van der Waals surface area contributed by atoms with Gasteiger partial charge in [-0.05, 0) is 80.8 Å². The van der Waals surface area contributed by atoms with Crippen LogP contribution in [0.5, 0.6) is 0 Å². The molecule has 34 heavy (non-hydrogen) atoms. The Hall–Kier alpha value is -1.70. The third-order valence-corrected chi connectivity index (χ3v) is 9.63. The monoisotopic (exact) mass is 543 g/mol. The average molecular weight is 545 g/mol. The van der Waals surface area contributed by atoms with Crippen LogP contribution in [0.4, 0.5) is 0 Å². The van der Waals surface area contributed by atoms with Crippen molar-refractivity contribution in [1.82, 2.24) is 15.1 Å². The quantitative estimate of drug-likeness (QED) is 0.486. The van der Waals surface area contributed by atoms with E-state index in [0.29, 0.717) is 12.5 Å². The van der Waals surface area contributed by atoms with Crippen LogP contribution in [0.15, 0.2) is 46.3 Å². The minimum atomic E-state index is -0.169. The normalized spacial score (nSPS) is 21.6. The molecule has 0 radical (unpaired) electrons. The Labute approximate surface area is 215 Å². The summed E-state index contributed by atoms with van der Waals surface area (Å²) in [5.41, 5.74) is 1.02. The summed E-state index contributed by atoms with van der Waals surface area (Å²) in [6.07, 6.45) is 7.04. The molecule has 5 rings (SSSR count). The average Bonchev–Trinajstić information content (AvgIpc) is 3.43. The molecule has 2 amide bonds. The van der Waals surface area contributed by atoms with Gasteiger partial charge in [0.2, 0.25) is 11.8 Å². The number of rotatable bonds is 8. The summed E-state index contributed by atoms with van der Waals surface area (Å²) in [5.74, 6) is 0.787. The first-order valence-corrected chi connectivity index (χ1v) is 14.3. The molecule has 3 aliphatic rings. The van der Waals surface area contributed by atoms with Crippen molar-refractivity contribution in [2.24, 2.45) is 11.3 Å². The molecule has 1 saturated carbocycles. The zero-order chi connectivity index (χ0) is 23.5. The molecule has 7 heteroatoms. The van der Waals surface area contributed by atoms with Gasteiger partial charge in [0, 0.05) is 34.9 Å². The summed E-state index contributed by atoms with van der Waals surface area (Å²) in [4.78, 5) is 31.8. The van der Waals surface area contributed by atoms with Crippen LogP contribution < -0.4 is 5.32 Å². The predicted octanol–water partition coefficient (Wildman–Crippen LogP) is 5.37. The molecule has 182 valence electrons. The van der Waals surface area contributed by atoms with Crippen LogP contribution in [-0.4, -0.2) is 47.8 Å². The lowest BCUT2D eigenvalue weighted by atomic mass is 9.77. The van der Waals surface area contributed by atoms with Crippen molar-refractivity contribution in [1.29, 1.82) is 0 Å². The summed E-state index contributed by atoms with van der Waals surface area (Å²) in [6, 6.07) is 12.6. The molecule has 1 aromatic heterocycles. The highest BCUT2D eigenvalue weighted by Gasteiger charge is 2.47. The molecule has 1 aliphatic carbocycles. The van der Waals surface area contributed by atoms with Crippen LogP contribution in [0, 0.1) is 11.3 Å². The van der Waals surface area contributed by atoms with Crippen LogP contribution in [-0.2, 0) is 16.1 Å².